The lowest BCUT2D eigenvalue weighted by Gasteiger charge is -2.33. The Balaban J connectivity index is 3.30. The van der Waals surface area contributed by atoms with Gasteiger partial charge in [0.25, 0.3) is 0 Å². The SMILES string of the molecule is CCC(c1cccc(Br)c1OC)C(C)(C)[S+](N)[O-]. The van der Waals surface area contributed by atoms with Gasteiger partial charge < -0.3 is 9.29 Å². The minimum absolute atomic E-state index is 0.0794. The quantitative estimate of drug-likeness (QED) is 0.840. The minimum Gasteiger partial charge on any atom is -0.598 e. The first-order valence-electron chi connectivity index (χ1n) is 5.84. The predicted molar refractivity (Wildman–Crippen MR) is 80.1 cm³/mol. The molecule has 0 aliphatic rings. The topological polar surface area (TPSA) is 58.3 Å². The minimum atomic E-state index is -1.39. The summed E-state index contributed by atoms with van der Waals surface area (Å²) in [6, 6.07) is 5.90. The molecule has 2 unspecified atom stereocenters. The van der Waals surface area contributed by atoms with Crippen LogP contribution in [-0.4, -0.2) is 16.4 Å². The highest BCUT2D eigenvalue weighted by Crippen LogP contribution is 2.42. The van der Waals surface area contributed by atoms with E-state index in [4.69, 9.17) is 9.88 Å². The summed E-state index contributed by atoms with van der Waals surface area (Å²) in [6.07, 6.45) is 0.850. The molecule has 2 atom stereocenters. The van der Waals surface area contributed by atoms with E-state index in [-0.39, 0.29) is 5.92 Å². The van der Waals surface area contributed by atoms with Crippen molar-refractivity contribution in [1.82, 2.24) is 0 Å². The van der Waals surface area contributed by atoms with Crippen LogP contribution in [0.25, 0.3) is 0 Å². The molecule has 0 aromatic heterocycles. The van der Waals surface area contributed by atoms with Crippen molar-refractivity contribution in [2.75, 3.05) is 7.11 Å². The van der Waals surface area contributed by atoms with Crippen LogP contribution in [-0.2, 0) is 11.4 Å². The molecule has 18 heavy (non-hydrogen) atoms. The van der Waals surface area contributed by atoms with E-state index < -0.39 is 16.1 Å². The molecule has 3 nitrogen and oxygen atoms in total. The lowest BCUT2D eigenvalue weighted by Crippen LogP contribution is -2.43. The number of benzene rings is 1. The smallest absolute Gasteiger partial charge is 0.146 e. The molecule has 0 radical (unpaired) electrons. The standard InChI is InChI=1S/C13H20BrNO2S/c1-5-10(13(2,3)18(15)16)9-7-6-8-11(14)12(9)17-4/h6-8,10H,5,15H2,1-4H3. The van der Waals surface area contributed by atoms with Gasteiger partial charge in [-0.25, -0.2) is 0 Å². The van der Waals surface area contributed by atoms with Crippen LogP contribution in [0.4, 0.5) is 0 Å². The van der Waals surface area contributed by atoms with E-state index in [1.54, 1.807) is 7.11 Å². The van der Waals surface area contributed by atoms with Crippen molar-refractivity contribution < 1.29 is 9.29 Å². The highest BCUT2D eigenvalue weighted by atomic mass is 79.9. The molecule has 2 N–H and O–H groups in total. The second kappa shape index (κ2) is 6.28. The summed E-state index contributed by atoms with van der Waals surface area (Å²) in [6.45, 7) is 5.93. The number of ether oxygens (including phenoxy) is 1. The molecule has 0 aliphatic carbocycles. The average Bonchev–Trinajstić information content (AvgIpc) is 2.29. The zero-order valence-corrected chi connectivity index (χ0v) is 13.6. The predicted octanol–water partition coefficient (Wildman–Crippen LogP) is 3.35. The maximum Gasteiger partial charge on any atom is 0.146 e. The Labute approximate surface area is 121 Å². The van der Waals surface area contributed by atoms with Crippen molar-refractivity contribution in [2.24, 2.45) is 5.14 Å². The largest absolute Gasteiger partial charge is 0.598 e. The van der Waals surface area contributed by atoms with Gasteiger partial charge in [-0.05, 0) is 42.3 Å². The van der Waals surface area contributed by atoms with Crippen molar-refractivity contribution in [3.63, 3.8) is 0 Å². The molecular weight excluding hydrogens is 314 g/mol. The van der Waals surface area contributed by atoms with Gasteiger partial charge in [0.2, 0.25) is 0 Å². The molecule has 5 heteroatoms. The summed E-state index contributed by atoms with van der Waals surface area (Å²) < 4.78 is 17.6. The normalized spacial score (nSPS) is 15.3. The van der Waals surface area contributed by atoms with Gasteiger partial charge in [0.1, 0.15) is 10.5 Å². The highest BCUT2D eigenvalue weighted by Gasteiger charge is 2.40. The Morgan fingerprint density at radius 3 is 2.56 bits per heavy atom. The van der Waals surface area contributed by atoms with Crippen molar-refractivity contribution in [1.29, 1.82) is 0 Å². The van der Waals surface area contributed by atoms with Crippen LogP contribution >= 0.6 is 15.9 Å². The van der Waals surface area contributed by atoms with E-state index in [1.165, 1.54) is 0 Å². The molecule has 0 saturated heterocycles. The van der Waals surface area contributed by atoms with E-state index >= 15 is 0 Å². The third-order valence-electron chi connectivity index (χ3n) is 3.34. The van der Waals surface area contributed by atoms with Gasteiger partial charge in [0.05, 0.1) is 11.6 Å². The molecule has 1 aromatic rings. The first-order valence-corrected chi connectivity index (χ1v) is 7.85. The van der Waals surface area contributed by atoms with E-state index in [1.807, 2.05) is 32.0 Å². The number of halogens is 1. The van der Waals surface area contributed by atoms with Crippen LogP contribution in [0.15, 0.2) is 22.7 Å². The summed E-state index contributed by atoms with van der Waals surface area (Å²) in [4.78, 5) is 0. The molecule has 0 heterocycles. The van der Waals surface area contributed by atoms with E-state index in [0.29, 0.717) is 0 Å². The van der Waals surface area contributed by atoms with Crippen LogP contribution in [0.5, 0.6) is 5.75 Å². The van der Waals surface area contributed by atoms with Crippen molar-refractivity contribution in [2.45, 2.75) is 37.9 Å². The number of methoxy groups -OCH3 is 1. The van der Waals surface area contributed by atoms with Gasteiger partial charge in [-0.3, -0.25) is 0 Å². The number of rotatable bonds is 5. The van der Waals surface area contributed by atoms with Crippen molar-refractivity contribution in [3.05, 3.63) is 28.2 Å². The van der Waals surface area contributed by atoms with Crippen molar-refractivity contribution >= 4 is 27.3 Å². The van der Waals surface area contributed by atoms with Gasteiger partial charge >= 0.3 is 0 Å². The number of hydrogen-bond acceptors (Lipinski definition) is 3. The Bertz CT molecular complexity index is 410. The summed E-state index contributed by atoms with van der Waals surface area (Å²) >= 11 is 2.08. The first kappa shape index (κ1) is 15.8. The zero-order valence-electron chi connectivity index (χ0n) is 11.2. The monoisotopic (exact) mass is 333 g/mol. The molecule has 0 saturated carbocycles. The molecule has 1 rings (SSSR count). The van der Waals surface area contributed by atoms with Crippen LogP contribution in [0.2, 0.25) is 0 Å². The van der Waals surface area contributed by atoms with Gasteiger partial charge in [-0.2, -0.15) is 5.14 Å². The molecule has 102 valence electrons. The Morgan fingerprint density at radius 1 is 1.50 bits per heavy atom. The molecule has 0 amide bonds. The molecular formula is C13H20BrNO2S. The third-order valence-corrected chi connectivity index (χ3v) is 5.29. The third kappa shape index (κ3) is 3.02. The fourth-order valence-corrected chi connectivity index (χ4v) is 3.36. The Kier molecular flexibility index (Phi) is 5.52. The highest BCUT2D eigenvalue weighted by molar-refractivity contribution is 9.10. The molecule has 0 spiro atoms. The zero-order chi connectivity index (χ0) is 13.9. The lowest BCUT2D eigenvalue weighted by atomic mass is 9.85. The molecule has 0 fully saturated rings. The van der Waals surface area contributed by atoms with E-state index in [0.717, 1.165) is 22.2 Å². The first-order chi connectivity index (χ1) is 8.36. The molecule has 0 bridgehead atoms. The Morgan fingerprint density at radius 2 is 2.11 bits per heavy atom. The molecule has 0 aliphatic heterocycles. The summed E-state index contributed by atoms with van der Waals surface area (Å²) in [5.74, 6) is 0.874. The molecule has 1 aromatic carbocycles. The van der Waals surface area contributed by atoms with E-state index in [9.17, 15) is 4.55 Å². The number of nitrogens with two attached hydrogens (primary N) is 1. The van der Waals surface area contributed by atoms with Gasteiger partial charge in [0.15, 0.2) is 0 Å². The number of para-hydroxylation sites is 1. The van der Waals surface area contributed by atoms with Crippen LogP contribution < -0.4 is 9.88 Å². The summed E-state index contributed by atoms with van der Waals surface area (Å²) in [5.41, 5.74) is 1.04. The summed E-state index contributed by atoms with van der Waals surface area (Å²) in [5, 5.41) is 5.63. The second-order valence-electron chi connectivity index (χ2n) is 4.72. The Hall–Kier alpha value is -0.230. The fourth-order valence-electron chi connectivity index (χ4n) is 2.24. The van der Waals surface area contributed by atoms with Crippen LogP contribution in [0.1, 0.15) is 38.7 Å². The number of hydrogen-bond donors (Lipinski definition) is 1. The maximum atomic E-state index is 11.8. The van der Waals surface area contributed by atoms with Crippen LogP contribution in [0.3, 0.4) is 0 Å². The van der Waals surface area contributed by atoms with Gasteiger partial charge in [0, 0.05) is 22.8 Å². The van der Waals surface area contributed by atoms with Gasteiger partial charge in [-0.15, -0.1) is 0 Å². The van der Waals surface area contributed by atoms with E-state index in [2.05, 4.69) is 22.9 Å². The van der Waals surface area contributed by atoms with Crippen LogP contribution in [0, 0.1) is 0 Å². The van der Waals surface area contributed by atoms with Gasteiger partial charge in [-0.1, -0.05) is 19.1 Å². The maximum absolute atomic E-state index is 11.8. The summed E-state index contributed by atoms with van der Waals surface area (Å²) in [7, 11) is 1.64. The average molecular weight is 334 g/mol. The lowest BCUT2D eigenvalue weighted by molar-refractivity contribution is 0.391. The second-order valence-corrected chi connectivity index (χ2v) is 7.23. The van der Waals surface area contributed by atoms with Crippen molar-refractivity contribution in [3.8, 4) is 5.75 Å². The fraction of sp³-hybridized carbons (Fsp3) is 0.538.